The average Bonchev–Trinajstić information content (AvgIpc) is 3.08. The minimum Gasteiger partial charge on any atom is -0.480 e. The largest absolute Gasteiger partial charge is 0.480 e. The predicted molar refractivity (Wildman–Crippen MR) is 62.2 cm³/mol. The fourth-order valence-electron chi connectivity index (χ4n) is 1.71. The molecular weight excluding hydrogens is 281 g/mol. The van der Waals surface area contributed by atoms with Gasteiger partial charge in [-0.2, -0.15) is 13.2 Å². The van der Waals surface area contributed by atoms with E-state index in [1.807, 2.05) is 10.6 Å². The number of alkyl halides is 3. The fraction of sp³-hybridized carbons (Fsp3) is 0.818. The van der Waals surface area contributed by atoms with Gasteiger partial charge in [0.15, 0.2) is 0 Å². The minimum atomic E-state index is -4.53. The number of hydrogen-bond acceptors (Lipinski definition) is 3. The summed E-state index contributed by atoms with van der Waals surface area (Å²) < 4.78 is 42.6. The number of rotatable bonds is 7. The molecule has 1 atom stereocenters. The van der Waals surface area contributed by atoms with Gasteiger partial charge >= 0.3 is 18.2 Å². The first kappa shape index (κ1) is 16.5. The molecule has 1 fully saturated rings. The van der Waals surface area contributed by atoms with E-state index in [1.165, 1.54) is 7.11 Å². The van der Waals surface area contributed by atoms with Crippen LogP contribution in [0.4, 0.5) is 18.0 Å². The zero-order chi connectivity index (χ0) is 15.4. The van der Waals surface area contributed by atoms with E-state index < -0.39 is 29.8 Å². The highest BCUT2D eigenvalue weighted by atomic mass is 19.4. The number of nitrogens with one attached hydrogen (secondary N) is 2. The van der Waals surface area contributed by atoms with E-state index in [0.29, 0.717) is 13.0 Å². The Balaban J connectivity index is 2.48. The lowest BCUT2D eigenvalue weighted by atomic mass is 10.1. The van der Waals surface area contributed by atoms with E-state index in [4.69, 9.17) is 9.84 Å². The van der Waals surface area contributed by atoms with Crippen LogP contribution < -0.4 is 10.6 Å². The van der Waals surface area contributed by atoms with Gasteiger partial charge in [-0.15, -0.1) is 0 Å². The first-order valence-corrected chi connectivity index (χ1v) is 6.09. The van der Waals surface area contributed by atoms with Gasteiger partial charge in [0.2, 0.25) is 0 Å². The van der Waals surface area contributed by atoms with E-state index in [1.54, 1.807) is 0 Å². The molecule has 20 heavy (non-hydrogen) atoms. The number of carbonyl (C=O) groups excluding carboxylic acids is 1. The maximum absolute atomic E-state index is 12.6. The highest BCUT2D eigenvalue weighted by Gasteiger charge is 2.64. The SMILES string of the molecule is COCCCC(NC(=O)NC1(C(F)(F)F)CC1)C(=O)O. The highest BCUT2D eigenvalue weighted by molar-refractivity contribution is 5.83. The van der Waals surface area contributed by atoms with Crippen LogP contribution in [0, 0.1) is 0 Å². The number of methoxy groups -OCH3 is 1. The van der Waals surface area contributed by atoms with Crippen LogP contribution in [-0.4, -0.2) is 48.6 Å². The second-order valence-electron chi connectivity index (χ2n) is 4.70. The Bertz CT molecular complexity index is 369. The molecule has 1 saturated carbocycles. The van der Waals surface area contributed by atoms with Crippen LogP contribution in [0.25, 0.3) is 0 Å². The van der Waals surface area contributed by atoms with Crippen molar-refractivity contribution in [3.05, 3.63) is 0 Å². The van der Waals surface area contributed by atoms with Gasteiger partial charge < -0.3 is 20.5 Å². The molecule has 6 nitrogen and oxygen atoms in total. The summed E-state index contributed by atoms with van der Waals surface area (Å²) in [6, 6.07) is -2.36. The first-order chi connectivity index (χ1) is 9.22. The van der Waals surface area contributed by atoms with Crippen LogP contribution in [-0.2, 0) is 9.53 Å². The monoisotopic (exact) mass is 298 g/mol. The van der Waals surface area contributed by atoms with Crippen LogP contribution in [0.1, 0.15) is 25.7 Å². The normalized spacial score (nSPS) is 18.2. The summed E-state index contributed by atoms with van der Waals surface area (Å²) in [5, 5.41) is 12.7. The van der Waals surface area contributed by atoms with E-state index in [2.05, 4.69) is 0 Å². The van der Waals surface area contributed by atoms with Gasteiger partial charge in [-0.3, -0.25) is 0 Å². The van der Waals surface area contributed by atoms with Crippen LogP contribution >= 0.6 is 0 Å². The number of amides is 2. The quantitative estimate of drug-likeness (QED) is 0.617. The number of aliphatic carboxylic acids is 1. The van der Waals surface area contributed by atoms with Crippen LogP contribution in [0.2, 0.25) is 0 Å². The average molecular weight is 298 g/mol. The van der Waals surface area contributed by atoms with Crippen molar-refractivity contribution in [2.24, 2.45) is 0 Å². The van der Waals surface area contributed by atoms with Crippen molar-refractivity contribution in [1.29, 1.82) is 0 Å². The molecule has 0 spiro atoms. The lowest BCUT2D eigenvalue weighted by Crippen LogP contribution is -2.54. The number of carboxylic acid groups (broad SMARTS) is 1. The zero-order valence-electron chi connectivity index (χ0n) is 10.9. The smallest absolute Gasteiger partial charge is 0.411 e. The summed E-state index contributed by atoms with van der Waals surface area (Å²) in [5.74, 6) is -1.30. The molecule has 2 amide bonds. The molecule has 0 aromatic carbocycles. The maximum Gasteiger partial charge on any atom is 0.411 e. The van der Waals surface area contributed by atoms with Crippen molar-refractivity contribution in [3.8, 4) is 0 Å². The number of ether oxygens (including phenoxy) is 1. The van der Waals surface area contributed by atoms with Crippen molar-refractivity contribution in [2.75, 3.05) is 13.7 Å². The lowest BCUT2D eigenvalue weighted by molar-refractivity contribution is -0.162. The molecule has 0 aliphatic heterocycles. The molecule has 0 radical (unpaired) electrons. The first-order valence-electron chi connectivity index (χ1n) is 6.09. The molecule has 0 bridgehead atoms. The van der Waals surface area contributed by atoms with Gasteiger partial charge in [0.05, 0.1) is 0 Å². The van der Waals surface area contributed by atoms with Crippen molar-refractivity contribution in [2.45, 2.75) is 43.4 Å². The third kappa shape index (κ3) is 4.26. The summed E-state index contributed by atoms with van der Waals surface area (Å²) in [6.07, 6.45) is -4.45. The van der Waals surface area contributed by atoms with Gasteiger partial charge in [0, 0.05) is 13.7 Å². The highest BCUT2D eigenvalue weighted by Crippen LogP contribution is 2.48. The lowest BCUT2D eigenvalue weighted by Gasteiger charge is -2.22. The van der Waals surface area contributed by atoms with E-state index in [9.17, 15) is 22.8 Å². The van der Waals surface area contributed by atoms with Gasteiger partial charge in [-0.25, -0.2) is 9.59 Å². The molecule has 3 N–H and O–H groups in total. The maximum atomic E-state index is 12.6. The molecule has 1 aliphatic carbocycles. The summed E-state index contributed by atoms with van der Waals surface area (Å²) in [5.41, 5.74) is -2.20. The van der Waals surface area contributed by atoms with Crippen molar-refractivity contribution < 1.29 is 32.6 Å². The van der Waals surface area contributed by atoms with Crippen molar-refractivity contribution >= 4 is 12.0 Å². The Labute approximate surface area is 113 Å². The fourth-order valence-corrected chi connectivity index (χ4v) is 1.71. The molecular formula is C11H17F3N2O4. The van der Waals surface area contributed by atoms with Crippen molar-refractivity contribution in [1.82, 2.24) is 10.6 Å². The number of halogens is 3. The van der Waals surface area contributed by atoms with Crippen molar-refractivity contribution in [3.63, 3.8) is 0 Å². The molecule has 0 aromatic heterocycles. The summed E-state index contributed by atoms with van der Waals surface area (Å²) in [6.45, 7) is 0.305. The minimum absolute atomic E-state index is 0.0790. The van der Waals surface area contributed by atoms with E-state index >= 15 is 0 Å². The van der Waals surface area contributed by atoms with Gasteiger partial charge in [0.25, 0.3) is 0 Å². The molecule has 0 aromatic rings. The Kier molecular flexibility index (Phi) is 5.21. The second-order valence-corrected chi connectivity index (χ2v) is 4.70. The second kappa shape index (κ2) is 6.29. The molecule has 1 rings (SSSR count). The third-order valence-electron chi connectivity index (χ3n) is 3.09. The van der Waals surface area contributed by atoms with Crippen LogP contribution in [0.3, 0.4) is 0 Å². The molecule has 9 heteroatoms. The summed E-state index contributed by atoms with van der Waals surface area (Å²) in [4.78, 5) is 22.4. The van der Waals surface area contributed by atoms with Gasteiger partial charge in [0.1, 0.15) is 11.6 Å². The standard InChI is InChI=1S/C11H17F3N2O4/c1-20-6-2-3-7(8(17)18)15-9(19)16-10(4-5-10)11(12,13)14/h7H,2-6H2,1H3,(H,17,18)(H2,15,16,19). The topological polar surface area (TPSA) is 87.7 Å². The van der Waals surface area contributed by atoms with Gasteiger partial charge in [-0.05, 0) is 25.7 Å². The Morgan fingerprint density at radius 3 is 2.40 bits per heavy atom. The van der Waals surface area contributed by atoms with Crippen LogP contribution in [0.15, 0.2) is 0 Å². The van der Waals surface area contributed by atoms with Crippen LogP contribution in [0.5, 0.6) is 0 Å². The molecule has 0 saturated heterocycles. The number of hydrogen-bond donors (Lipinski definition) is 3. The predicted octanol–water partition coefficient (Wildman–Crippen LogP) is 1.26. The summed E-state index contributed by atoms with van der Waals surface area (Å²) >= 11 is 0. The molecule has 0 heterocycles. The Hall–Kier alpha value is -1.51. The molecule has 1 aliphatic rings. The summed E-state index contributed by atoms with van der Waals surface area (Å²) in [7, 11) is 1.44. The number of urea groups is 1. The number of carboxylic acids is 1. The number of carbonyl (C=O) groups is 2. The molecule has 116 valence electrons. The Morgan fingerprint density at radius 1 is 1.40 bits per heavy atom. The molecule has 1 unspecified atom stereocenters. The van der Waals surface area contributed by atoms with E-state index in [-0.39, 0.29) is 19.3 Å². The Morgan fingerprint density at radius 2 is 2.00 bits per heavy atom. The van der Waals surface area contributed by atoms with Gasteiger partial charge in [-0.1, -0.05) is 0 Å². The zero-order valence-corrected chi connectivity index (χ0v) is 10.9. The van der Waals surface area contributed by atoms with E-state index in [0.717, 1.165) is 0 Å². The third-order valence-corrected chi connectivity index (χ3v) is 3.09.